The quantitative estimate of drug-likeness (QED) is 0.153. The summed E-state index contributed by atoms with van der Waals surface area (Å²) in [7, 11) is 0. The van der Waals surface area contributed by atoms with Crippen LogP contribution in [0, 0.1) is 30.8 Å². The number of halogens is 4. The number of fused-ring (bicyclic) bond motifs is 5. The van der Waals surface area contributed by atoms with Crippen LogP contribution in [0.25, 0.3) is 22.3 Å². The molecule has 0 aromatic heterocycles. The molecule has 8 rings (SSSR count). The summed E-state index contributed by atoms with van der Waals surface area (Å²) in [6.45, 7) is 27.6. The third-order valence-corrected chi connectivity index (χ3v) is 12.8. The van der Waals surface area contributed by atoms with Crippen molar-refractivity contribution >= 4 is 37.6 Å². The minimum Gasteiger partial charge on any atom is -1.00 e. The van der Waals surface area contributed by atoms with Crippen molar-refractivity contribution in [1.82, 2.24) is 0 Å². The van der Waals surface area contributed by atoms with E-state index in [-0.39, 0.29) is 46.5 Å². The van der Waals surface area contributed by atoms with E-state index in [1.54, 1.807) is 0 Å². The molecule has 5 heteroatoms. The molecule has 0 spiro atoms. The molecule has 0 fully saturated rings. The van der Waals surface area contributed by atoms with Crippen molar-refractivity contribution in [3.8, 4) is 11.1 Å². The first kappa shape index (κ1) is 46.3. The van der Waals surface area contributed by atoms with Gasteiger partial charge in [-0.25, -0.2) is 17.2 Å². The van der Waals surface area contributed by atoms with E-state index in [4.69, 9.17) is 23.2 Å². The normalized spacial score (nSPS) is 15.2. The maximum atomic E-state index is 5.98. The van der Waals surface area contributed by atoms with E-state index in [1.165, 1.54) is 94.2 Å². The maximum Gasteiger partial charge on any atom is -1.00 e. The first-order valence-corrected chi connectivity index (χ1v) is 21.1. The van der Waals surface area contributed by atoms with Gasteiger partial charge >= 0.3 is 120 Å². The summed E-state index contributed by atoms with van der Waals surface area (Å²) in [4.78, 5) is 0. The molecule has 0 bridgehead atoms. The van der Waals surface area contributed by atoms with Gasteiger partial charge in [-0.05, 0) is 62.3 Å². The van der Waals surface area contributed by atoms with E-state index in [2.05, 4.69) is 150 Å². The van der Waals surface area contributed by atoms with Gasteiger partial charge in [-0.2, -0.15) is 23.3 Å². The van der Waals surface area contributed by atoms with Crippen LogP contribution in [0.1, 0.15) is 125 Å². The molecular weight excluding hydrogens is 846 g/mol. The van der Waals surface area contributed by atoms with Gasteiger partial charge < -0.3 is 24.8 Å². The van der Waals surface area contributed by atoms with Crippen LogP contribution in [0.2, 0.25) is 10.0 Å². The van der Waals surface area contributed by atoms with Crippen LogP contribution in [0.5, 0.6) is 0 Å². The van der Waals surface area contributed by atoms with Gasteiger partial charge in [0.05, 0.1) is 0 Å². The summed E-state index contributed by atoms with van der Waals surface area (Å²) in [5, 5.41) is 1.53. The smallest absolute Gasteiger partial charge is 1.00 e. The number of hydrogen-bond acceptors (Lipinski definition) is 0. The van der Waals surface area contributed by atoms with Crippen LogP contribution in [0.3, 0.4) is 0 Å². The molecule has 5 aromatic carbocycles. The molecule has 0 heterocycles. The van der Waals surface area contributed by atoms with Crippen molar-refractivity contribution in [3.63, 3.8) is 0 Å². The number of aryl methyl sites for hydroxylation is 2. The second-order valence-corrected chi connectivity index (χ2v) is 20.7. The molecule has 0 unspecified atom stereocenters. The zero-order valence-electron chi connectivity index (χ0n) is 35.0. The summed E-state index contributed by atoms with van der Waals surface area (Å²) >= 11 is 13.3. The number of rotatable bonds is 2. The molecule has 3 aliphatic carbocycles. The summed E-state index contributed by atoms with van der Waals surface area (Å²) in [6.07, 6.45) is 7.41. The maximum absolute atomic E-state index is 5.98. The average molecular weight is 900 g/mol. The van der Waals surface area contributed by atoms with Crippen molar-refractivity contribution in [2.45, 2.75) is 100 Å². The van der Waals surface area contributed by atoms with E-state index >= 15 is 0 Å². The van der Waals surface area contributed by atoms with Gasteiger partial charge in [0, 0.05) is 5.41 Å². The summed E-state index contributed by atoms with van der Waals surface area (Å²) in [6, 6.07) is 32.2. The number of benzene rings is 4. The predicted molar refractivity (Wildman–Crippen MR) is 232 cm³/mol. The Labute approximate surface area is 374 Å². The third-order valence-electron chi connectivity index (χ3n) is 10.9. The van der Waals surface area contributed by atoms with Crippen LogP contribution in [0.15, 0.2) is 97.1 Å². The molecule has 0 amide bonds. The van der Waals surface area contributed by atoms with Crippen LogP contribution in [-0.4, -0.2) is 3.21 Å². The van der Waals surface area contributed by atoms with Gasteiger partial charge in [0.2, 0.25) is 0 Å². The molecule has 56 heavy (non-hydrogen) atoms. The Bertz CT molecular complexity index is 2170. The fourth-order valence-corrected chi connectivity index (χ4v) is 9.26. The van der Waals surface area contributed by atoms with Gasteiger partial charge in [-0.15, -0.1) is 11.6 Å². The summed E-state index contributed by atoms with van der Waals surface area (Å²) in [5.41, 5.74) is 19.9. The first-order chi connectivity index (χ1) is 25.0. The Hall–Kier alpha value is -2.38. The molecule has 0 radical (unpaired) electrons. The monoisotopic (exact) mass is 896 g/mol. The van der Waals surface area contributed by atoms with Gasteiger partial charge in [-0.1, -0.05) is 107 Å². The Kier molecular flexibility index (Phi) is 14.1. The zero-order valence-corrected chi connectivity index (χ0v) is 40.4. The van der Waals surface area contributed by atoms with Gasteiger partial charge in [0.15, 0.2) is 0 Å². The van der Waals surface area contributed by atoms with Crippen molar-refractivity contribution in [3.05, 3.63) is 169 Å². The first-order valence-electron chi connectivity index (χ1n) is 19.1. The van der Waals surface area contributed by atoms with E-state index < -0.39 is 0 Å². The van der Waals surface area contributed by atoms with Crippen LogP contribution < -0.4 is 24.8 Å². The van der Waals surface area contributed by atoms with Crippen molar-refractivity contribution in [2.24, 2.45) is 10.8 Å². The molecule has 3 aliphatic rings. The molecule has 0 saturated carbocycles. The Morgan fingerprint density at radius 1 is 0.679 bits per heavy atom. The molecule has 0 N–H and O–H groups in total. The fraction of sp³-hybridized carbons (Fsp3) is 0.333. The molecule has 0 saturated heterocycles. The van der Waals surface area contributed by atoms with Crippen LogP contribution in [0.4, 0.5) is 0 Å². The van der Waals surface area contributed by atoms with Crippen molar-refractivity contribution < 1.29 is 49.0 Å². The van der Waals surface area contributed by atoms with Crippen LogP contribution >= 0.6 is 23.2 Å². The van der Waals surface area contributed by atoms with Gasteiger partial charge in [0.1, 0.15) is 0 Å². The minimum absolute atomic E-state index is 0. The third kappa shape index (κ3) is 9.73. The number of allylic oxidation sites excluding steroid dienone is 4. The molecule has 0 atom stereocenters. The topological polar surface area (TPSA) is 0 Å². The van der Waals surface area contributed by atoms with Crippen LogP contribution in [-0.2, 0) is 41.5 Å². The molecule has 0 aliphatic heterocycles. The molecule has 0 nitrogen and oxygen atoms in total. The largest absolute Gasteiger partial charge is 1.00 e. The van der Waals surface area contributed by atoms with E-state index in [9.17, 15) is 0 Å². The Morgan fingerprint density at radius 3 is 1.62 bits per heavy atom. The van der Waals surface area contributed by atoms with E-state index in [0.29, 0.717) is 0 Å². The summed E-state index contributed by atoms with van der Waals surface area (Å²) in [5.74, 6) is 0. The van der Waals surface area contributed by atoms with Gasteiger partial charge in [0.25, 0.3) is 0 Å². The Balaban J connectivity index is 0.000000232. The van der Waals surface area contributed by atoms with Crippen molar-refractivity contribution in [2.75, 3.05) is 0 Å². The summed E-state index contributed by atoms with van der Waals surface area (Å²) < 4.78 is 1.26. The second kappa shape index (κ2) is 17.1. The molecule has 5 aromatic rings. The van der Waals surface area contributed by atoms with E-state index in [0.717, 1.165) is 27.6 Å². The fourth-order valence-electron chi connectivity index (χ4n) is 8.12. The average Bonchev–Trinajstić information content (AvgIpc) is 3.79. The zero-order chi connectivity index (χ0) is 39.5. The Morgan fingerprint density at radius 2 is 1.20 bits per heavy atom. The standard InChI is InChI=1S/C31H37.C13H8Cl2.C7H9.2ClH.Zr/c1-28(2,3)26-16-30(7,8)24-12-18-11-19-13-25-23(15-21(19)20(18)14-22(24)26)27(29(4,5)6)17-31(25,9)10;14-12-5-1-3-10(8-12)7-11-4-2-6-13(15)9-11;1-6-3-4-7(2)5-6;;;/h12-16H,11H2,1-10H3;1-6,8-9H;3-5H,1-2H3;2*1H;/q-1;;-1;;;+2/p-2. The SMILES string of the molecule is CC(C)(C)C1=[C-]C(C)(C)c2cc3c(cc21)-c1cc2c(cc1C3)C(C)(C)C=C2C(C)(C)C.Cc1c[cH-]c(C)c1.Clc1cccc([C](=[Zr+2])c2cccc(Cl)c2)c1.[Cl-].[Cl-]. The van der Waals surface area contributed by atoms with Crippen molar-refractivity contribution in [1.29, 1.82) is 0 Å². The van der Waals surface area contributed by atoms with Gasteiger partial charge in [-0.3, -0.25) is 6.08 Å². The minimum atomic E-state index is -0.0202. The second-order valence-electron chi connectivity index (χ2n) is 18.6. The van der Waals surface area contributed by atoms with E-state index in [1.807, 2.05) is 36.4 Å². The number of hydrogen-bond donors (Lipinski definition) is 0. The molecule has 292 valence electrons. The molecular formula is C51H54Cl4Zr-2. The predicted octanol–water partition coefficient (Wildman–Crippen LogP) is 8.64.